The molecule has 0 amide bonds. The van der Waals surface area contributed by atoms with Gasteiger partial charge in [0.05, 0.1) is 12.0 Å². The second kappa shape index (κ2) is 9.15. The fraction of sp³-hybridized carbons (Fsp3) is 0.455. The van der Waals surface area contributed by atoms with Crippen molar-refractivity contribution in [2.45, 2.75) is 25.2 Å². The number of hydrogen-bond acceptors (Lipinski definition) is 5. The van der Waals surface area contributed by atoms with E-state index in [1.165, 1.54) is 5.69 Å². The van der Waals surface area contributed by atoms with Crippen LogP contribution in [0.4, 0.5) is 5.69 Å². The van der Waals surface area contributed by atoms with E-state index in [9.17, 15) is 8.42 Å². The average molecular weight is 418 g/mol. The summed E-state index contributed by atoms with van der Waals surface area (Å²) in [4.78, 5) is 5.00. The lowest BCUT2D eigenvalue weighted by molar-refractivity contribution is 0.313. The Morgan fingerprint density at radius 2 is 1.59 bits per heavy atom. The van der Waals surface area contributed by atoms with Crippen molar-refractivity contribution < 1.29 is 13.2 Å². The van der Waals surface area contributed by atoms with E-state index in [2.05, 4.69) is 45.8 Å². The highest BCUT2D eigenvalue weighted by Gasteiger charge is 2.17. The van der Waals surface area contributed by atoms with Gasteiger partial charge in [-0.25, -0.2) is 13.1 Å². The molecule has 2 aromatic rings. The van der Waals surface area contributed by atoms with Crippen molar-refractivity contribution in [3.05, 3.63) is 53.1 Å². The first kappa shape index (κ1) is 21.6. The number of nitrogens with zero attached hydrogens (tertiary/aromatic N) is 2. The number of piperazine rings is 1. The van der Waals surface area contributed by atoms with Crippen LogP contribution in [0.3, 0.4) is 0 Å². The van der Waals surface area contributed by atoms with E-state index in [1.54, 1.807) is 19.2 Å². The Hall–Kier alpha value is -2.09. The molecule has 1 aliphatic heterocycles. The number of ether oxygens (including phenoxy) is 1. The summed E-state index contributed by atoms with van der Waals surface area (Å²) in [5.41, 5.74) is 3.97. The molecule has 0 spiro atoms. The number of likely N-dealkylation sites (N-methyl/N-ethyl adjacent to an activating group) is 1. The maximum absolute atomic E-state index is 12.7. The van der Waals surface area contributed by atoms with E-state index in [-0.39, 0.29) is 4.90 Å². The van der Waals surface area contributed by atoms with E-state index in [0.717, 1.165) is 48.6 Å². The number of nitrogens with one attached hydrogen (secondary N) is 1. The van der Waals surface area contributed by atoms with E-state index >= 15 is 0 Å². The minimum absolute atomic E-state index is 0.277. The molecule has 0 aromatic heterocycles. The maximum atomic E-state index is 12.7. The van der Waals surface area contributed by atoms with Crippen LogP contribution < -0.4 is 14.4 Å². The molecular weight excluding hydrogens is 386 g/mol. The quantitative estimate of drug-likeness (QED) is 0.750. The molecule has 1 fully saturated rings. The van der Waals surface area contributed by atoms with E-state index < -0.39 is 10.0 Å². The minimum Gasteiger partial charge on any atom is -0.496 e. The molecule has 0 aliphatic carbocycles. The Morgan fingerprint density at radius 1 is 1.00 bits per heavy atom. The van der Waals surface area contributed by atoms with E-state index in [1.807, 2.05) is 13.8 Å². The first-order valence-corrected chi connectivity index (χ1v) is 11.5. The van der Waals surface area contributed by atoms with Crippen LogP contribution in [-0.4, -0.2) is 60.2 Å². The van der Waals surface area contributed by atoms with Crippen molar-refractivity contribution in [3.8, 4) is 5.75 Å². The lowest BCUT2D eigenvalue weighted by atomic mass is 10.1. The standard InChI is InChI=1S/C22H31N3O3S/c1-17-15-21(16-18(2)22(17)28-4)29(26,27)23-10-9-19-5-7-20(8-6-19)25-13-11-24(3)12-14-25/h5-8,15-16,23H,9-14H2,1-4H3. The predicted octanol–water partition coefficient (Wildman–Crippen LogP) is 2.58. The van der Waals surface area contributed by atoms with Crippen molar-refractivity contribution in [1.29, 1.82) is 0 Å². The van der Waals surface area contributed by atoms with Gasteiger partial charge in [0.2, 0.25) is 10.0 Å². The monoisotopic (exact) mass is 417 g/mol. The molecule has 158 valence electrons. The van der Waals surface area contributed by atoms with Gasteiger partial charge >= 0.3 is 0 Å². The van der Waals surface area contributed by atoms with Crippen LogP contribution >= 0.6 is 0 Å². The Labute approximate surface area is 174 Å². The second-order valence-corrected chi connectivity index (χ2v) is 9.46. The molecule has 29 heavy (non-hydrogen) atoms. The summed E-state index contributed by atoms with van der Waals surface area (Å²) in [7, 11) is 0.193. The first-order chi connectivity index (χ1) is 13.8. The number of benzene rings is 2. The average Bonchev–Trinajstić information content (AvgIpc) is 2.69. The zero-order chi connectivity index (χ0) is 21.0. The molecule has 3 rings (SSSR count). The van der Waals surface area contributed by atoms with E-state index in [0.29, 0.717) is 13.0 Å². The highest BCUT2D eigenvalue weighted by atomic mass is 32.2. The molecule has 1 N–H and O–H groups in total. The van der Waals surface area contributed by atoms with Gasteiger partial charge < -0.3 is 14.5 Å². The number of anilines is 1. The number of methoxy groups -OCH3 is 1. The van der Waals surface area contributed by atoms with Crippen molar-refractivity contribution in [2.75, 3.05) is 51.8 Å². The zero-order valence-electron chi connectivity index (χ0n) is 17.7. The van der Waals surface area contributed by atoms with Crippen molar-refractivity contribution in [1.82, 2.24) is 9.62 Å². The van der Waals surface area contributed by atoms with Crippen LogP contribution in [-0.2, 0) is 16.4 Å². The fourth-order valence-corrected chi connectivity index (χ4v) is 4.94. The summed E-state index contributed by atoms with van der Waals surface area (Å²) in [5.74, 6) is 0.726. The number of hydrogen-bond donors (Lipinski definition) is 1. The molecular formula is C22H31N3O3S. The molecule has 6 nitrogen and oxygen atoms in total. The molecule has 0 unspecified atom stereocenters. The van der Waals surface area contributed by atoms with Crippen LogP contribution in [0.25, 0.3) is 0 Å². The molecule has 1 aliphatic rings. The molecule has 0 radical (unpaired) electrons. The zero-order valence-corrected chi connectivity index (χ0v) is 18.6. The van der Waals surface area contributed by atoms with Gasteiger partial charge in [-0.05, 0) is 68.3 Å². The minimum atomic E-state index is -3.55. The highest BCUT2D eigenvalue weighted by Crippen LogP contribution is 2.26. The summed E-state index contributed by atoms with van der Waals surface area (Å²) in [6, 6.07) is 11.7. The van der Waals surface area contributed by atoms with Gasteiger partial charge in [0.15, 0.2) is 0 Å². The Morgan fingerprint density at radius 3 is 2.14 bits per heavy atom. The smallest absolute Gasteiger partial charge is 0.240 e. The maximum Gasteiger partial charge on any atom is 0.240 e. The summed E-state index contributed by atoms with van der Waals surface area (Å²) in [6.45, 7) is 8.30. The van der Waals surface area contributed by atoms with Gasteiger partial charge in [-0.1, -0.05) is 12.1 Å². The lowest BCUT2D eigenvalue weighted by Crippen LogP contribution is -2.44. The summed E-state index contributed by atoms with van der Waals surface area (Å²) in [6.07, 6.45) is 0.649. The van der Waals surface area contributed by atoms with Gasteiger partial charge in [-0.15, -0.1) is 0 Å². The van der Waals surface area contributed by atoms with Crippen LogP contribution in [0, 0.1) is 13.8 Å². The van der Waals surface area contributed by atoms with Crippen LogP contribution in [0.1, 0.15) is 16.7 Å². The van der Waals surface area contributed by atoms with Gasteiger partial charge in [-0.2, -0.15) is 0 Å². The number of sulfonamides is 1. The van der Waals surface area contributed by atoms with Gasteiger partial charge in [0.1, 0.15) is 5.75 Å². The van der Waals surface area contributed by atoms with Crippen molar-refractivity contribution in [2.24, 2.45) is 0 Å². The molecule has 0 atom stereocenters. The largest absolute Gasteiger partial charge is 0.496 e. The van der Waals surface area contributed by atoms with Crippen LogP contribution in [0.2, 0.25) is 0 Å². The molecule has 0 saturated carbocycles. The molecule has 1 heterocycles. The highest BCUT2D eigenvalue weighted by molar-refractivity contribution is 7.89. The van der Waals surface area contributed by atoms with Gasteiger partial charge in [-0.3, -0.25) is 0 Å². The summed E-state index contributed by atoms with van der Waals surface area (Å²) in [5, 5.41) is 0. The first-order valence-electron chi connectivity index (χ1n) is 9.97. The fourth-order valence-electron chi connectivity index (χ4n) is 3.74. The molecule has 1 saturated heterocycles. The van der Waals surface area contributed by atoms with Crippen LogP contribution in [0.15, 0.2) is 41.3 Å². The van der Waals surface area contributed by atoms with E-state index in [4.69, 9.17) is 4.74 Å². The van der Waals surface area contributed by atoms with Crippen LogP contribution in [0.5, 0.6) is 5.75 Å². The van der Waals surface area contributed by atoms with Gasteiger partial charge in [0, 0.05) is 38.4 Å². The third kappa shape index (κ3) is 5.29. The number of aryl methyl sites for hydroxylation is 2. The SMILES string of the molecule is COc1c(C)cc(S(=O)(=O)NCCc2ccc(N3CCN(C)CC3)cc2)cc1C. The Balaban J connectivity index is 1.58. The Kier molecular flexibility index (Phi) is 6.82. The summed E-state index contributed by atoms with van der Waals surface area (Å²) >= 11 is 0. The predicted molar refractivity (Wildman–Crippen MR) is 118 cm³/mol. The molecule has 2 aromatic carbocycles. The van der Waals surface area contributed by atoms with Gasteiger partial charge in [0.25, 0.3) is 0 Å². The third-order valence-corrected chi connectivity index (χ3v) is 6.90. The normalized spacial score (nSPS) is 15.5. The summed E-state index contributed by atoms with van der Waals surface area (Å²) < 4.78 is 33.3. The van der Waals surface area contributed by atoms with Crippen molar-refractivity contribution in [3.63, 3.8) is 0 Å². The topological polar surface area (TPSA) is 61.9 Å². The second-order valence-electron chi connectivity index (χ2n) is 7.69. The lowest BCUT2D eigenvalue weighted by Gasteiger charge is -2.34. The van der Waals surface area contributed by atoms with Crippen molar-refractivity contribution >= 4 is 15.7 Å². The molecule has 0 bridgehead atoms. The molecule has 7 heteroatoms. The number of rotatable bonds is 7. The third-order valence-electron chi connectivity index (χ3n) is 5.46. The Bertz CT molecular complexity index is 911.